The first-order chi connectivity index (χ1) is 12.7. The number of rotatable bonds is 8. The quantitative estimate of drug-likeness (QED) is 0.619. The van der Waals surface area contributed by atoms with Gasteiger partial charge in [-0.3, -0.25) is 4.79 Å². The van der Waals surface area contributed by atoms with Gasteiger partial charge in [-0.25, -0.2) is 4.98 Å². The van der Waals surface area contributed by atoms with Crippen LogP contribution in [0.15, 0.2) is 72.1 Å². The minimum Gasteiger partial charge on any atom is -0.355 e. The Kier molecular flexibility index (Phi) is 6.50. The molecule has 0 fully saturated rings. The van der Waals surface area contributed by atoms with E-state index in [2.05, 4.69) is 58.2 Å². The molecule has 0 saturated heterocycles. The SMILES string of the molecule is Cc1ccc(Cn2ccnc2SCC(=O)NCCc2ccccc2)cc1. The summed E-state index contributed by atoms with van der Waals surface area (Å²) < 4.78 is 2.08. The first-order valence-electron chi connectivity index (χ1n) is 8.71. The van der Waals surface area contributed by atoms with Crippen LogP contribution in [-0.2, 0) is 17.8 Å². The molecule has 0 unspecified atom stereocenters. The van der Waals surface area contributed by atoms with Gasteiger partial charge >= 0.3 is 0 Å². The number of hydrogen-bond donors (Lipinski definition) is 1. The average Bonchev–Trinajstić information content (AvgIpc) is 3.10. The first-order valence-corrected chi connectivity index (χ1v) is 9.69. The third kappa shape index (κ3) is 5.49. The van der Waals surface area contributed by atoms with Crippen molar-refractivity contribution in [3.63, 3.8) is 0 Å². The van der Waals surface area contributed by atoms with Crippen LogP contribution in [-0.4, -0.2) is 27.8 Å². The number of aromatic nitrogens is 2. The number of aryl methyl sites for hydroxylation is 1. The standard InChI is InChI=1S/C21H23N3OS/c1-17-7-9-19(10-8-17)15-24-14-13-23-21(24)26-16-20(25)22-12-11-18-5-3-2-4-6-18/h2-10,13-14H,11-12,15-16H2,1H3,(H,22,25). The van der Waals surface area contributed by atoms with E-state index in [1.165, 1.54) is 28.5 Å². The van der Waals surface area contributed by atoms with Gasteiger partial charge in [0.25, 0.3) is 0 Å². The van der Waals surface area contributed by atoms with Crippen molar-refractivity contribution < 1.29 is 4.79 Å². The van der Waals surface area contributed by atoms with E-state index in [1.807, 2.05) is 24.4 Å². The molecule has 0 saturated carbocycles. The molecule has 1 amide bonds. The van der Waals surface area contributed by atoms with E-state index in [1.54, 1.807) is 6.20 Å². The topological polar surface area (TPSA) is 46.9 Å². The highest BCUT2D eigenvalue weighted by Crippen LogP contribution is 2.17. The molecule has 2 aromatic carbocycles. The fourth-order valence-corrected chi connectivity index (χ4v) is 3.41. The van der Waals surface area contributed by atoms with E-state index in [4.69, 9.17) is 0 Å². The Morgan fingerprint density at radius 1 is 1.08 bits per heavy atom. The summed E-state index contributed by atoms with van der Waals surface area (Å²) in [6.07, 6.45) is 4.58. The monoisotopic (exact) mass is 365 g/mol. The second-order valence-electron chi connectivity index (χ2n) is 6.20. The zero-order valence-corrected chi connectivity index (χ0v) is 15.7. The van der Waals surface area contributed by atoms with Gasteiger partial charge in [-0.05, 0) is 24.5 Å². The maximum Gasteiger partial charge on any atom is 0.230 e. The first kappa shape index (κ1) is 18.3. The van der Waals surface area contributed by atoms with Gasteiger partial charge in [-0.15, -0.1) is 0 Å². The molecule has 5 heteroatoms. The Morgan fingerprint density at radius 2 is 1.85 bits per heavy atom. The number of amides is 1. The average molecular weight is 366 g/mol. The van der Waals surface area contributed by atoms with Crippen molar-refractivity contribution in [1.82, 2.24) is 14.9 Å². The minimum absolute atomic E-state index is 0.0378. The Morgan fingerprint density at radius 3 is 2.62 bits per heavy atom. The molecule has 1 aromatic heterocycles. The van der Waals surface area contributed by atoms with E-state index >= 15 is 0 Å². The fraction of sp³-hybridized carbons (Fsp3) is 0.238. The lowest BCUT2D eigenvalue weighted by atomic mass is 10.1. The number of imidazole rings is 1. The van der Waals surface area contributed by atoms with Crippen LogP contribution >= 0.6 is 11.8 Å². The van der Waals surface area contributed by atoms with E-state index in [0.29, 0.717) is 12.3 Å². The fourth-order valence-electron chi connectivity index (χ4n) is 2.62. The summed E-state index contributed by atoms with van der Waals surface area (Å²) in [5, 5.41) is 3.84. The lowest BCUT2D eigenvalue weighted by Crippen LogP contribution is -2.27. The normalized spacial score (nSPS) is 10.7. The summed E-state index contributed by atoms with van der Waals surface area (Å²) in [5.74, 6) is 0.412. The Bertz CT molecular complexity index is 828. The van der Waals surface area contributed by atoms with Gasteiger partial charge in [0.1, 0.15) is 0 Å². The van der Waals surface area contributed by atoms with Crippen LogP contribution in [0.3, 0.4) is 0 Å². The van der Waals surface area contributed by atoms with Crippen LogP contribution in [0, 0.1) is 6.92 Å². The third-order valence-electron chi connectivity index (χ3n) is 4.06. The molecule has 4 nitrogen and oxygen atoms in total. The van der Waals surface area contributed by atoms with Crippen molar-refractivity contribution in [1.29, 1.82) is 0 Å². The molecule has 0 atom stereocenters. The van der Waals surface area contributed by atoms with E-state index in [-0.39, 0.29) is 5.91 Å². The summed E-state index contributed by atoms with van der Waals surface area (Å²) in [5.41, 5.74) is 3.71. The second kappa shape index (κ2) is 9.25. The highest BCUT2D eigenvalue weighted by molar-refractivity contribution is 7.99. The van der Waals surface area contributed by atoms with E-state index in [0.717, 1.165) is 18.1 Å². The summed E-state index contributed by atoms with van der Waals surface area (Å²) in [4.78, 5) is 16.4. The highest BCUT2D eigenvalue weighted by Gasteiger charge is 2.08. The Labute approximate surface area is 158 Å². The van der Waals surface area contributed by atoms with Crippen molar-refractivity contribution in [2.75, 3.05) is 12.3 Å². The number of nitrogens with one attached hydrogen (secondary N) is 1. The molecule has 0 aliphatic heterocycles. The van der Waals surface area contributed by atoms with Crippen LogP contribution in [0.1, 0.15) is 16.7 Å². The second-order valence-corrected chi connectivity index (χ2v) is 7.14. The summed E-state index contributed by atoms with van der Waals surface area (Å²) in [6.45, 7) is 3.50. The van der Waals surface area contributed by atoms with Gasteiger partial charge in [-0.1, -0.05) is 71.9 Å². The minimum atomic E-state index is 0.0378. The number of benzene rings is 2. The van der Waals surface area contributed by atoms with Crippen molar-refractivity contribution in [2.45, 2.75) is 25.0 Å². The maximum atomic E-state index is 12.1. The van der Waals surface area contributed by atoms with Gasteiger partial charge in [0.2, 0.25) is 5.91 Å². The molecule has 0 bridgehead atoms. The molecule has 0 radical (unpaired) electrons. The molecule has 26 heavy (non-hydrogen) atoms. The van der Waals surface area contributed by atoms with Crippen molar-refractivity contribution >= 4 is 17.7 Å². The number of hydrogen-bond acceptors (Lipinski definition) is 3. The van der Waals surface area contributed by atoms with Gasteiger partial charge < -0.3 is 9.88 Å². The third-order valence-corrected chi connectivity index (χ3v) is 5.07. The van der Waals surface area contributed by atoms with Gasteiger partial charge in [0.15, 0.2) is 5.16 Å². The molecular formula is C21H23N3OS. The van der Waals surface area contributed by atoms with Crippen molar-refractivity contribution in [3.8, 4) is 0 Å². The van der Waals surface area contributed by atoms with Gasteiger partial charge in [0, 0.05) is 25.5 Å². The van der Waals surface area contributed by atoms with Gasteiger partial charge in [-0.2, -0.15) is 0 Å². The Hall–Kier alpha value is -2.53. The zero-order valence-electron chi connectivity index (χ0n) is 14.9. The molecule has 0 aliphatic carbocycles. The molecule has 0 spiro atoms. The largest absolute Gasteiger partial charge is 0.355 e. The molecule has 1 N–H and O–H groups in total. The van der Waals surface area contributed by atoms with E-state index < -0.39 is 0 Å². The molecule has 3 rings (SSSR count). The van der Waals surface area contributed by atoms with Gasteiger partial charge in [0.05, 0.1) is 5.75 Å². The summed E-state index contributed by atoms with van der Waals surface area (Å²) in [7, 11) is 0. The van der Waals surface area contributed by atoms with E-state index in [9.17, 15) is 4.79 Å². The number of thioether (sulfide) groups is 1. The van der Waals surface area contributed by atoms with Crippen LogP contribution in [0.25, 0.3) is 0 Å². The van der Waals surface area contributed by atoms with Crippen molar-refractivity contribution in [2.24, 2.45) is 0 Å². The lowest BCUT2D eigenvalue weighted by Gasteiger charge is -2.08. The van der Waals surface area contributed by atoms with Crippen molar-refractivity contribution in [3.05, 3.63) is 83.7 Å². The predicted octanol–water partition coefficient (Wildman–Crippen LogP) is 3.69. The molecule has 134 valence electrons. The summed E-state index contributed by atoms with van der Waals surface area (Å²) in [6, 6.07) is 18.6. The molecule has 1 heterocycles. The molecular weight excluding hydrogens is 342 g/mol. The summed E-state index contributed by atoms with van der Waals surface area (Å²) >= 11 is 1.47. The number of carbonyl (C=O) groups is 1. The smallest absolute Gasteiger partial charge is 0.230 e. The van der Waals surface area contributed by atoms with Crippen LogP contribution in [0.5, 0.6) is 0 Å². The number of nitrogens with zero attached hydrogens (tertiary/aromatic N) is 2. The predicted molar refractivity (Wildman–Crippen MR) is 106 cm³/mol. The Balaban J connectivity index is 1.45. The van der Waals surface area contributed by atoms with Crippen LogP contribution in [0.2, 0.25) is 0 Å². The number of carbonyl (C=O) groups excluding carboxylic acids is 1. The van der Waals surface area contributed by atoms with Crippen LogP contribution < -0.4 is 5.32 Å². The zero-order chi connectivity index (χ0) is 18.2. The maximum absolute atomic E-state index is 12.1. The lowest BCUT2D eigenvalue weighted by molar-refractivity contribution is -0.118. The van der Waals surface area contributed by atoms with Crippen LogP contribution in [0.4, 0.5) is 0 Å². The molecule has 0 aliphatic rings. The molecule has 3 aromatic rings. The highest BCUT2D eigenvalue weighted by atomic mass is 32.2.